The zero-order chi connectivity index (χ0) is 15.6. The first-order chi connectivity index (χ1) is 10.7. The lowest BCUT2D eigenvalue weighted by Crippen LogP contribution is -2.01. The molecule has 2 aromatic rings. The molecule has 0 fully saturated rings. The highest BCUT2D eigenvalue weighted by Crippen LogP contribution is 2.08. The van der Waals surface area contributed by atoms with E-state index in [0.29, 0.717) is 12.5 Å². The summed E-state index contributed by atoms with van der Waals surface area (Å²) in [5.41, 5.74) is 3.79. The Hall–Kier alpha value is -2.35. The van der Waals surface area contributed by atoms with Gasteiger partial charge in [0.2, 0.25) is 0 Å². The maximum Gasteiger partial charge on any atom is 0.135 e. The van der Waals surface area contributed by atoms with E-state index in [1.807, 2.05) is 36.6 Å². The van der Waals surface area contributed by atoms with Gasteiger partial charge in [-0.05, 0) is 36.5 Å². The van der Waals surface area contributed by atoms with Crippen LogP contribution >= 0.6 is 0 Å². The van der Waals surface area contributed by atoms with E-state index >= 15 is 0 Å². The summed E-state index contributed by atoms with van der Waals surface area (Å²) in [5, 5.41) is 4.04. The Morgan fingerprint density at radius 1 is 1.05 bits per heavy atom. The predicted octanol–water partition coefficient (Wildman–Crippen LogP) is 4.89. The van der Waals surface area contributed by atoms with Gasteiger partial charge in [-0.15, -0.1) is 0 Å². The van der Waals surface area contributed by atoms with Crippen molar-refractivity contribution in [2.45, 2.75) is 20.3 Å². The number of hydrogen-bond donors (Lipinski definition) is 0. The van der Waals surface area contributed by atoms with E-state index in [0.717, 1.165) is 6.42 Å². The summed E-state index contributed by atoms with van der Waals surface area (Å²) in [6, 6.07) is 18.8. The van der Waals surface area contributed by atoms with Crippen molar-refractivity contribution in [3.63, 3.8) is 0 Å². The van der Waals surface area contributed by atoms with Crippen molar-refractivity contribution in [3.8, 4) is 0 Å². The molecule has 0 aliphatic heterocycles. The molecule has 2 heteroatoms. The molecule has 114 valence electrons. The fourth-order valence-electron chi connectivity index (χ4n) is 2.13. The maximum absolute atomic E-state index is 5.27. The standard InChI is InChI=1S/C20H23NO/c1-17-10-12-20(13-11-17)15-18(2)16-21-22-14-6-9-19-7-4-3-5-8-19/h3-13,16,18H,14-15H2,1-2H3/b9-6+,21-16?. The Balaban J connectivity index is 1.68. The molecule has 1 atom stereocenters. The molecule has 0 bridgehead atoms. The van der Waals surface area contributed by atoms with Crippen LogP contribution in [0.5, 0.6) is 0 Å². The zero-order valence-electron chi connectivity index (χ0n) is 13.3. The first kappa shape index (κ1) is 16.0. The SMILES string of the molecule is Cc1ccc(CC(C)C=NOC/C=C/c2ccccc2)cc1. The number of hydrogen-bond acceptors (Lipinski definition) is 2. The molecule has 1 unspecified atom stereocenters. The van der Waals surface area contributed by atoms with Gasteiger partial charge >= 0.3 is 0 Å². The Labute approximate surface area is 133 Å². The van der Waals surface area contributed by atoms with Crippen LogP contribution in [0.1, 0.15) is 23.6 Å². The molecule has 0 heterocycles. The van der Waals surface area contributed by atoms with Crippen molar-refractivity contribution in [3.05, 3.63) is 77.4 Å². The van der Waals surface area contributed by atoms with Crippen LogP contribution in [0.4, 0.5) is 0 Å². The first-order valence-electron chi connectivity index (χ1n) is 7.66. The van der Waals surface area contributed by atoms with Gasteiger partial charge in [0.05, 0.1) is 0 Å². The van der Waals surface area contributed by atoms with Crippen molar-refractivity contribution >= 4 is 12.3 Å². The Morgan fingerprint density at radius 3 is 2.50 bits per heavy atom. The molecule has 2 nitrogen and oxygen atoms in total. The summed E-state index contributed by atoms with van der Waals surface area (Å²) in [6.07, 6.45) is 6.85. The summed E-state index contributed by atoms with van der Waals surface area (Å²) >= 11 is 0. The highest BCUT2D eigenvalue weighted by Gasteiger charge is 2.00. The monoisotopic (exact) mass is 293 g/mol. The third-order valence-electron chi connectivity index (χ3n) is 3.35. The molecule has 22 heavy (non-hydrogen) atoms. The molecule has 2 rings (SSSR count). The van der Waals surface area contributed by atoms with Crippen LogP contribution in [0.3, 0.4) is 0 Å². The molecular weight excluding hydrogens is 270 g/mol. The van der Waals surface area contributed by atoms with E-state index in [-0.39, 0.29) is 0 Å². The third-order valence-corrected chi connectivity index (χ3v) is 3.35. The normalized spacial score (nSPS) is 12.8. The molecule has 0 saturated carbocycles. The molecule has 0 radical (unpaired) electrons. The summed E-state index contributed by atoms with van der Waals surface area (Å²) in [7, 11) is 0. The first-order valence-corrected chi connectivity index (χ1v) is 7.66. The summed E-state index contributed by atoms with van der Waals surface area (Å²) < 4.78 is 0. The van der Waals surface area contributed by atoms with Gasteiger partial charge < -0.3 is 4.84 Å². The second kappa shape index (κ2) is 8.83. The lowest BCUT2D eigenvalue weighted by Gasteiger charge is -2.05. The van der Waals surface area contributed by atoms with Crippen LogP contribution < -0.4 is 0 Å². The zero-order valence-corrected chi connectivity index (χ0v) is 13.3. The highest BCUT2D eigenvalue weighted by atomic mass is 16.6. The number of benzene rings is 2. The van der Waals surface area contributed by atoms with Crippen molar-refractivity contribution in [1.82, 2.24) is 0 Å². The van der Waals surface area contributed by atoms with E-state index in [2.05, 4.69) is 55.4 Å². The van der Waals surface area contributed by atoms with Crippen molar-refractivity contribution in [2.75, 3.05) is 6.61 Å². The van der Waals surface area contributed by atoms with E-state index in [1.54, 1.807) is 0 Å². The van der Waals surface area contributed by atoms with Gasteiger partial charge in [-0.1, -0.05) is 78.3 Å². The molecule has 0 aliphatic rings. The average Bonchev–Trinajstić information content (AvgIpc) is 2.54. The van der Waals surface area contributed by atoms with Crippen molar-refractivity contribution < 1.29 is 4.84 Å². The van der Waals surface area contributed by atoms with Crippen LogP contribution in [0, 0.1) is 12.8 Å². The molecule has 0 aromatic heterocycles. The van der Waals surface area contributed by atoms with Gasteiger partial charge in [-0.2, -0.15) is 0 Å². The lowest BCUT2D eigenvalue weighted by molar-refractivity contribution is 0.175. The predicted molar refractivity (Wildman–Crippen MR) is 94.0 cm³/mol. The second-order valence-electron chi connectivity index (χ2n) is 5.53. The van der Waals surface area contributed by atoms with Crippen molar-refractivity contribution in [2.24, 2.45) is 11.1 Å². The van der Waals surface area contributed by atoms with Gasteiger partial charge in [-0.3, -0.25) is 0 Å². The van der Waals surface area contributed by atoms with E-state index in [1.165, 1.54) is 16.7 Å². The van der Waals surface area contributed by atoms with E-state index < -0.39 is 0 Å². The van der Waals surface area contributed by atoms with E-state index in [4.69, 9.17) is 4.84 Å². The Kier molecular flexibility index (Phi) is 6.43. The molecule has 0 saturated heterocycles. The summed E-state index contributed by atoms with van der Waals surface area (Å²) in [5.74, 6) is 0.362. The highest BCUT2D eigenvalue weighted by molar-refractivity contribution is 5.60. The minimum Gasteiger partial charge on any atom is -0.392 e. The average molecular weight is 293 g/mol. The largest absolute Gasteiger partial charge is 0.392 e. The van der Waals surface area contributed by atoms with Gasteiger partial charge in [-0.25, -0.2) is 0 Å². The molecular formula is C20H23NO. The Bertz CT molecular complexity index is 599. The maximum atomic E-state index is 5.27. The van der Waals surface area contributed by atoms with Gasteiger partial charge in [0.1, 0.15) is 6.61 Å². The van der Waals surface area contributed by atoms with E-state index in [9.17, 15) is 0 Å². The Morgan fingerprint density at radius 2 is 1.77 bits per heavy atom. The van der Waals surface area contributed by atoms with Crippen LogP contribution in [0.2, 0.25) is 0 Å². The fourth-order valence-corrected chi connectivity index (χ4v) is 2.13. The number of aryl methyl sites for hydroxylation is 1. The van der Waals surface area contributed by atoms with Gasteiger partial charge in [0.25, 0.3) is 0 Å². The number of rotatable bonds is 7. The summed E-state index contributed by atoms with van der Waals surface area (Å²) in [6.45, 7) is 4.74. The minimum absolute atomic E-state index is 0.362. The van der Waals surface area contributed by atoms with Crippen molar-refractivity contribution in [1.29, 1.82) is 0 Å². The fraction of sp³-hybridized carbons (Fsp3) is 0.250. The van der Waals surface area contributed by atoms with Crippen LogP contribution in [0.25, 0.3) is 6.08 Å². The second-order valence-corrected chi connectivity index (χ2v) is 5.53. The quantitative estimate of drug-likeness (QED) is 0.404. The lowest BCUT2D eigenvalue weighted by atomic mass is 10.0. The molecule has 2 aromatic carbocycles. The summed E-state index contributed by atoms with van der Waals surface area (Å²) in [4.78, 5) is 5.27. The third kappa shape index (κ3) is 5.96. The molecule has 0 aliphatic carbocycles. The van der Waals surface area contributed by atoms with Gasteiger partial charge in [0, 0.05) is 6.21 Å². The smallest absolute Gasteiger partial charge is 0.135 e. The molecule has 0 spiro atoms. The topological polar surface area (TPSA) is 21.6 Å². The van der Waals surface area contributed by atoms with Crippen LogP contribution in [-0.2, 0) is 11.3 Å². The number of nitrogens with zero attached hydrogens (tertiary/aromatic N) is 1. The molecule has 0 N–H and O–H groups in total. The molecule has 0 amide bonds. The van der Waals surface area contributed by atoms with Gasteiger partial charge in [0.15, 0.2) is 0 Å². The van der Waals surface area contributed by atoms with Crippen LogP contribution in [0.15, 0.2) is 65.8 Å². The number of oxime groups is 1. The minimum atomic E-state index is 0.362. The van der Waals surface area contributed by atoms with Crippen LogP contribution in [-0.4, -0.2) is 12.8 Å².